The average molecular weight is 1830 g/mol. The zero-order chi connectivity index (χ0) is 94.9. The van der Waals surface area contributed by atoms with Crippen molar-refractivity contribution in [2.45, 2.75) is 316 Å². The molecule has 0 aromatic rings. The van der Waals surface area contributed by atoms with E-state index in [4.69, 9.17) is 147 Å². The Hall–Kier alpha value is -10.8. The van der Waals surface area contributed by atoms with Gasteiger partial charge in [-0.25, -0.2) is 0 Å². The van der Waals surface area contributed by atoms with Crippen molar-refractivity contribution >= 4 is 113 Å². The molecule has 6 heterocycles. The second kappa shape index (κ2) is 48.9. The summed E-state index contributed by atoms with van der Waals surface area (Å²) in [5.41, 5.74) is 0. The highest BCUT2D eigenvalue weighted by atomic mass is 16.8. The number of carbonyl (C=O) groups excluding carboxylic acids is 19. The summed E-state index contributed by atoms with van der Waals surface area (Å²) in [6, 6.07) is 0. The SMILES string of the molecule is C=CCO[C@@H]1O[C@H](COC(C)=O)[C@@H](OC(C)=O)[C@H](O[C@@H]2O[C@H](COC(C)=O)[C@@H](OC(C)=O)[C@H](O[C@@H]3O[C@H](COC(C)=O)[C@@H](OC(C)=O)[C@H](O[C@@H]4O[C@H](COC(C)=O)[C@@H](OC(C)=O)[C@H](O[C@@H]5O[C@H](COC(C)=O)[C@@H](OC(C)=O)[C@H](O[C@@H]6O[C@H](COC(C)=O)[C@@H](OC(C)=O)[C@H](OC(C)=O)[C@H]6OC(C)=O)[C@H]5OC(C)=O)[C@H]4OC(C)=O)[C@H]3OC(C)=O)[C@H]2OC(C)=O)[C@H]1OC(C)=O. The van der Waals surface area contributed by atoms with E-state index in [0.29, 0.717) is 0 Å². The van der Waals surface area contributed by atoms with Crippen LogP contribution in [0.25, 0.3) is 0 Å². The van der Waals surface area contributed by atoms with Crippen molar-refractivity contribution in [2.24, 2.45) is 0 Å². The van der Waals surface area contributed by atoms with E-state index in [9.17, 15) is 91.1 Å². The summed E-state index contributed by atoms with van der Waals surface area (Å²) in [6.45, 7) is 14.1. The Kier molecular flexibility index (Phi) is 40.4. The summed E-state index contributed by atoms with van der Waals surface area (Å²) in [7, 11) is 0. The topological polar surface area (TPSA) is 610 Å². The van der Waals surface area contributed by atoms with E-state index >= 15 is 0 Å². The van der Waals surface area contributed by atoms with Crippen LogP contribution in [-0.2, 0) is 238 Å². The second-order valence-corrected chi connectivity index (χ2v) is 28.7. The Morgan fingerprint density at radius 2 is 0.323 bits per heavy atom. The second-order valence-electron chi connectivity index (χ2n) is 28.7. The van der Waals surface area contributed by atoms with E-state index in [0.717, 1.165) is 132 Å². The standard InChI is InChI=1S/C77H104O50/c1-21-22-97-72-66(111-42(15)91)61(55(105-36(9)85)48(117-72)23-98-29(2)78)123-74-68(113-44(17)93)63(57(107-38(11)87)50(119-74)25-100-31(4)80)125-76-70(115-46(19)95)65(59(109-40(13)89)52(121-76)27-102-33(6)82)127-77-71(116-47(20)96)64(58(108-39(12)88)53(122-77)28-103-34(7)83)126-75-69(114-45(18)94)62(56(106-37(10)86)51(120-75)26-101-32(5)81)124-73-67(112-43(16)92)60(110-41(14)90)54(104-35(8)84)49(118-73)24-99-30(3)79/h21,48-77H,1,22-28H2,2-20H3/t48-,49-,50-,51-,52-,53-,54-,55-,56-,57-,58-,59-,60+,61+,62+,63+,64+,65+,66-,67-,68-,69-,70-,71-,72-,73+,74+,75+,76+,77+/m1/s1. The van der Waals surface area contributed by atoms with Crippen LogP contribution >= 0.6 is 0 Å². The molecule has 30 atom stereocenters. The van der Waals surface area contributed by atoms with Crippen molar-refractivity contribution in [3.8, 4) is 0 Å². The van der Waals surface area contributed by atoms with Crippen LogP contribution in [-0.4, -0.2) is 344 Å². The zero-order valence-corrected chi connectivity index (χ0v) is 72.5. The maximum Gasteiger partial charge on any atom is 0.303 e. The fourth-order valence-corrected chi connectivity index (χ4v) is 13.9. The molecule has 0 unspecified atom stereocenters. The molecule has 0 saturated carbocycles. The lowest BCUT2D eigenvalue weighted by Gasteiger charge is -2.52. The first kappa shape index (κ1) is 105. The van der Waals surface area contributed by atoms with Crippen molar-refractivity contribution < 1.29 is 238 Å². The predicted octanol–water partition coefficient (Wildman–Crippen LogP) is -2.04. The number of ether oxygens (including phenoxy) is 31. The maximum atomic E-state index is 14.1. The van der Waals surface area contributed by atoms with Crippen molar-refractivity contribution in [1.29, 1.82) is 0 Å². The van der Waals surface area contributed by atoms with Crippen LogP contribution in [0, 0.1) is 0 Å². The van der Waals surface area contributed by atoms with Gasteiger partial charge in [-0.1, -0.05) is 6.08 Å². The molecule has 6 saturated heterocycles. The molecule has 6 rings (SSSR count). The predicted molar refractivity (Wildman–Crippen MR) is 394 cm³/mol. The van der Waals surface area contributed by atoms with Crippen molar-refractivity contribution in [2.75, 3.05) is 46.2 Å². The summed E-state index contributed by atoms with van der Waals surface area (Å²) in [6.07, 6.45) is -64.3. The van der Waals surface area contributed by atoms with E-state index < -0.39 is 337 Å². The Bertz CT molecular complexity index is 3930. The van der Waals surface area contributed by atoms with Gasteiger partial charge in [-0.15, -0.1) is 6.58 Å². The highest BCUT2D eigenvalue weighted by molar-refractivity contribution is 5.73. The number of hydrogen-bond donors (Lipinski definition) is 0. The van der Waals surface area contributed by atoms with Crippen LogP contribution < -0.4 is 0 Å². The molecular weight excluding hydrogens is 1720 g/mol. The van der Waals surface area contributed by atoms with Crippen molar-refractivity contribution in [3.05, 3.63) is 12.7 Å². The Balaban J connectivity index is 1.69. The molecular formula is C77H104O50. The molecule has 127 heavy (non-hydrogen) atoms. The fourth-order valence-electron chi connectivity index (χ4n) is 13.9. The van der Waals surface area contributed by atoms with Crippen molar-refractivity contribution in [1.82, 2.24) is 0 Å². The maximum absolute atomic E-state index is 14.1. The van der Waals surface area contributed by atoms with Crippen LogP contribution in [0.15, 0.2) is 12.7 Å². The molecule has 712 valence electrons. The molecule has 0 aliphatic carbocycles. The average Bonchev–Trinajstić information content (AvgIpc) is 0.752. The first-order valence-corrected chi connectivity index (χ1v) is 39.0. The van der Waals surface area contributed by atoms with Crippen LogP contribution in [0.4, 0.5) is 0 Å². The highest BCUT2D eigenvalue weighted by Gasteiger charge is 2.65. The van der Waals surface area contributed by atoms with Crippen LogP contribution in [0.3, 0.4) is 0 Å². The van der Waals surface area contributed by atoms with Gasteiger partial charge in [0.15, 0.2) is 117 Å². The van der Waals surface area contributed by atoms with Gasteiger partial charge in [-0.3, -0.25) is 91.1 Å². The highest BCUT2D eigenvalue weighted by Crippen LogP contribution is 2.43. The Labute approximate surface area is 723 Å². The smallest absolute Gasteiger partial charge is 0.303 e. The third-order valence-electron chi connectivity index (χ3n) is 18.0. The third kappa shape index (κ3) is 31.9. The molecule has 0 spiro atoms. The van der Waals surface area contributed by atoms with Gasteiger partial charge in [-0.2, -0.15) is 0 Å². The Morgan fingerprint density at radius 1 is 0.189 bits per heavy atom. The van der Waals surface area contributed by atoms with E-state index in [-0.39, 0.29) is 6.61 Å². The van der Waals surface area contributed by atoms with Gasteiger partial charge in [0.05, 0.1) is 6.61 Å². The molecule has 0 amide bonds. The lowest BCUT2D eigenvalue weighted by Crippen LogP contribution is -2.70. The molecule has 50 heteroatoms. The van der Waals surface area contributed by atoms with Gasteiger partial charge in [0.25, 0.3) is 0 Å². The molecule has 0 radical (unpaired) electrons. The minimum Gasteiger partial charge on any atom is -0.463 e. The largest absolute Gasteiger partial charge is 0.463 e. The van der Waals surface area contributed by atoms with Gasteiger partial charge in [-0.05, 0) is 0 Å². The van der Waals surface area contributed by atoms with E-state index in [2.05, 4.69) is 6.58 Å². The quantitative estimate of drug-likeness (QED) is 0.0365. The molecule has 0 aromatic carbocycles. The Morgan fingerprint density at radius 3 is 0.480 bits per heavy atom. The molecule has 0 bridgehead atoms. The summed E-state index contributed by atoms with van der Waals surface area (Å²) in [4.78, 5) is 253. The van der Waals surface area contributed by atoms with Crippen LogP contribution in [0.1, 0.15) is 132 Å². The molecule has 0 N–H and O–H groups in total. The van der Waals surface area contributed by atoms with E-state index in [1.807, 2.05) is 0 Å². The third-order valence-corrected chi connectivity index (χ3v) is 18.0. The minimum absolute atomic E-state index is 0.377. The summed E-state index contributed by atoms with van der Waals surface area (Å²) in [5, 5.41) is 0. The molecule has 6 aliphatic rings. The molecule has 0 aromatic heterocycles. The molecule has 6 aliphatic heterocycles. The van der Waals surface area contributed by atoms with Crippen molar-refractivity contribution in [3.63, 3.8) is 0 Å². The summed E-state index contributed by atoms with van der Waals surface area (Å²) < 4.78 is 186. The van der Waals surface area contributed by atoms with E-state index in [1.54, 1.807) is 0 Å². The first-order chi connectivity index (χ1) is 59.5. The summed E-state index contributed by atoms with van der Waals surface area (Å²) in [5.74, 6) is -21.9. The van der Waals surface area contributed by atoms with Gasteiger partial charge in [0.1, 0.15) is 107 Å². The van der Waals surface area contributed by atoms with Crippen LogP contribution in [0.5, 0.6) is 0 Å². The lowest BCUT2D eigenvalue weighted by atomic mass is 9.94. The van der Waals surface area contributed by atoms with Gasteiger partial charge >= 0.3 is 113 Å². The van der Waals surface area contributed by atoms with Crippen LogP contribution in [0.2, 0.25) is 0 Å². The number of hydrogen-bond acceptors (Lipinski definition) is 50. The normalized spacial score (nSPS) is 32.6. The van der Waals surface area contributed by atoms with Gasteiger partial charge in [0.2, 0.25) is 0 Å². The molecule has 50 nitrogen and oxygen atoms in total. The lowest BCUT2D eigenvalue weighted by molar-refractivity contribution is -0.398. The van der Waals surface area contributed by atoms with Gasteiger partial charge < -0.3 is 147 Å². The monoisotopic (exact) mass is 1830 g/mol. The van der Waals surface area contributed by atoms with Gasteiger partial charge in [0, 0.05) is 132 Å². The number of esters is 19. The number of rotatable bonds is 38. The van der Waals surface area contributed by atoms with E-state index in [1.165, 1.54) is 6.08 Å². The fraction of sp³-hybridized carbons (Fsp3) is 0.727. The molecule has 6 fully saturated rings. The first-order valence-electron chi connectivity index (χ1n) is 39.0. The number of carbonyl (C=O) groups is 19. The zero-order valence-electron chi connectivity index (χ0n) is 72.5. The minimum atomic E-state index is -2.59. The summed E-state index contributed by atoms with van der Waals surface area (Å²) >= 11 is 0.